The van der Waals surface area contributed by atoms with Gasteiger partial charge in [-0.2, -0.15) is 9.67 Å². The number of aryl methyl sites for hydroxylation is 1. The maximum Gasteiger partial charge on any atom is 0.291 e. The van der Waals surface area contributed by atoms with Gasteiger partial charge in [0, 0.05) is 5.69 Å². The molecule has 0 atom stereocenters. The van der Waals surface area contributed by atoms with Crippen LogP contribution in [0.1, 0.15) is 35.5 Å². The normalized spacial score (nSPS) is 10.9. The third kappa shape index (κ3) is 5.40. The number of carbonyl (C=O) groups excluding carboxylic acids is 1. The molecule has 4 N–H and O–H groups in total. The number of rotatable bonds is 5. The highest BCUT2D eigenvalue weighted by Gasteiger charge is 2.19. The molecule has 2 aromatic heterocycles. The van der Waals surface area contributed by atoms with Crippen LogP contribution in [0.4, 0.5) is 17.6 Å². The number of nitrogens with two attached hydrogens (primary N) is 1. The Bertz CT molecular complexity index is 1070. The van der Waals surface area contributed by atoms with E-state index in [1.807, 2.05) is 18.4 Å². The van der Waals surface area contributed by atoms with Crippen LogP contribution in [0.3, 0.4) is 0 Å². The summed E-state index contributed by atoms with van der Waals surface area (Å²) in [5.74, 6) is -0.264. The topological polar surface area (TPSA) is 132 Å². The average molecular weight is 437 g/mol. The molecule has 0 spiro atoms. The van der Waals surface area contributed by atoms with E-state index in [1.54, 1.807) is 12.1 Å². The fourth-order valence-corrected chi connectivity index (χ4v) is 3.76. The summed E-state index contributed by atoms with van der Waals surface area (Å²) in [5.41, 5.74) is 7.19. The van der Waals surface area contributed by atoms with Gasteiger partial charge in [-0.05, 0) is 55.2 Å². The summed E-state index contributed by atoms with van der Waals surface area (Å²) in [7, 11) is -2.17. The molecule has 0 bridgehead atoms. The molecule has 3 aromatic rings. The van der Waals surface area contributed by atoms with E-state index in [9.17, 15) is 13.2 Å². The number of nitrogen functional groups attached to an aromatic ring is 1. The number of nitrogens with one attached hydrogen (secondary N) is 2. The first-order valence-corrected chi connectivity index (χ1v) is 11.2. The fraction of sp³-hybridized carbons (Fsp3) is 0.278. The van der Waals surface area contributed by atoms with Gasteiger partial charge >= 0.3 is 0 Å². The van der Waals surface area contributed by atoms with Gasteiger partial charge in [0.25, 0.3) is 5.91 Å². The van der Waals surface area contributed by atoms with Gasteiger partial charge in [-0.15, -0.1) is 16.4 Å². The van der Waals surface area contributed by atoms with Gasteiger partial charge in [0.1, 0.15) is 0 Å². The Morgan fingerprint density at radius 2 is 1.83 bits per heavy atom. The molecule has 0 amide bonds. The molecule has 0 aliphatic heterocycles. The molecule has 0 radical (unpaired) electrons. The minimum atomic E-state index is -3.51. The largest absolute Gasteiger partial charge is 0.368 e. The second-order valence-corrected chi connectivity index (χ2v) is 8.81. The monoisotopic (exact) mass is 436 g/mol. The Balaban J connectivity index is 0.000000941. The standard InChI is InChI=1S/C15H16N6O3S2.C3H8/c1-9-7-8-25-12(9)13(22)21-14(16)19-15(20-21)18-10-3-5-11(6-4-10)26(23,24)17-2;1-3-2/h3-8,17H,1-2H3,(H3,16,18,19,20);3H2,1-2H3. The van der Waals surface area contributed by atoms with Gasteiger partial charge in [-0.25, -0.2) is 13.1 Å². The maximum absolute atomic E-state index is 12.5. The number of benzene rings is 1. The summed E-state index contributed by atoms with van der Waals surface area (Å²) in [6, 6.07) is 7.84. The minimum absolute atomic E-state index is 0.0420. The molecule has 0 fully saturated rings. The number of sulfonamides is 1. The minimum Gasteiger partial charge on any atom is -0.368 e. The number of hydrogen-bond donors (Lipinski definition) is 3. The van der Waals surface area contributed by atoms with Gasteiger partial charge in [0.15, 0.2) is 0 Å². The van der Waals surface area contributed by atoms with Crippen molar-refractivity contribution in [3.63, 3.8) is 0 Å². The van der Waals surface area contributed by atoms with Crippen molar-refractivity contribution in [1.29, 1.82) is 0 Å². The Morgan fingerprint density at radius 3 is 2.34 bits per heavy atom. The first-order chi connectivity index (χ1) is 13.7. The molecule has 11 heteroatoms. The molecule has 0 saturated carbocycles. The number of thiophene rings is 1. The van der Waals surface area contributed by atoms with Crippen molar-refractivity contribution < 1.29 is 13.2 Å². The van der Waals surface area contributed by atoms with Gasteiger partial charge in [-0.3, -0.25) is 4.79 Å². The van der Waals surface area contributed by atoms with E-state index in [4.69, 9.17) is 5.73 Å². The van der Waals surface area contributed by atoms with Crippen LogP contribution in [0.5, 0.6) is 0 Å². The quantitative estimate of drug-likeness (QED) is 0.560. The molecule has 29 heavy (non-hydrogen) atoms. The van der Waals surface area contributed by atoms with Gasteiger partial charge in [-0.1, -0.05) is 20.3 Å². The molecule has 0 aliphatic carbocycles. The highest BCUT2D eigenvalue weighted by atomic mass is 32.2. The molecular weight excluding hydrogens is 412 g/mol. The smallest absolute Gasteiger partial charge is 0.291 e. The molecule has 156 valence electrons. The van der Waals surface area contributed by atoms with Crippen LogP contribution in [-0.4, -0.2) is 36.1 Å². The number of anilines is 3. The molecule has 9 nitrogen and oxygen atoms in total. The summed E-state index contributed by atoms with van der Waals surface area (Å²) >= 11 is 1.30. The number of carbonyl (C=O) groups is 1. The summed E-state index contributed by atoms with van der Waals surface area (Å²) < 4.78 is 26.7. The molecule has 0 saturated heterocycles. The first-order valence-electron chi connectivity index (χ1n) is 8.85. The SMILES string of the molecule is CCC.CNS(=O)(=O)c1ccc(Nc2nc(N)n(C(=O)c3sccc3C)n2)cc1. The molecule has 1 aromatic carbocycles. The second-order valence-electron chi connectivity index (χ2n) is 6.01. The summed E-state index contributed by atoms with van der Waals surface area (Å²) in [5, 5.41) is 8.79. The van der Waals surface area contributed by atoms with Crippen LogP contribution < -0.4 is 15.8 Å². The van der Waals surface area contributed by atoms with Crippen molar-refractivity contribution in [3.05, 3.63) is 46.2 Å². The zero-order valence-corrected chi connectivity index (χ0v) is 18.3. The van der Waals surface area contributed by atoms with Crippen molar-refractivity contribution in [2.75, 3.05) is 18.1 Å². The number of nitrogens with zero attached hydrogens (tertiary/aromatic N) is 3. The third-order valence-corrected chi connectivity index (χ3v) is 6.01. The Labute approximate surface area is 174 Å². The van der Waals surface area contributed by atoms with Crippen molar-refractivity contribution in [1.82, 2.24) is 19.5 Å². The van der Waals surface area contributed by atoms with Crippen molar-refractivity contribution >= 4 is 44.9 Å². The molecular formula is C18H24N6O3S2. The van der Waals surface area contributed by atoms with Crippen molar-refractivity contribution in [2.45, 2.75) is 32.1 Å². The van der Waals surface area contributed by atoms with Crippen molar-refractivity contribution in [2.24, 2.45) is 0 Å². The van der Waals surface area contributed by atoms with E-state index in [0.717, 1.165) is 10.2 Å². The lowest BCUT2D eigenvalue weighted by molar-refractivity contribution is 0.0951. The van der Waals surface area contributed by atoms with Gasteiger partial charge < -0.3 is 11.1 Å². The van der Waals surface area contributed by atoms with E-state index in [0.29, 0.717) is 10.6 Å². The van der Waals surface area contributed by atoms with E-state index in [-0.39, 0.29) is 22.7 Å². The lowest BCUT2D eigenvalue weighted by atomic mass is 10.3. The van der Waals surface area contributed by atoms with Crippen LogP contribution in [0.15, 0.2) is 40.6 Å². The van der Waals surface area contributed by atoms with Crippen LogP contribution in [0, 0.1) is 6.92 Å². The lowest BCUT2D eigenvalue weighted by Crippen LogP contribution is -2.18. The number of hydrogen-bond acceptors (Lipinski definition) is 8. The zero-order valence-electron chi connectivity index (χ0n) is 16.6. The second kappa shape index (κ2) is 9.63. The van der Waals surface area contributed by atoms with Gasteiger partial charge in [0.2, 0.25) is 21.9 Å². The van der Waals surface area contributed by atoms with Crippen LogP contribution in [0.25, 0.3) is 0 Å². The van der Waals surface area contributed by atoms with Crippen LogP contribution >= 0.6 is 11.3 Å². The third-order valence-electron chi connectivity index (χ3n) is 3.57. The Hall–Kier alpha value is -2.76. The fourth-order valence-electron chi connectivity index (χ4n) is 2.18. The predicted octanol–water partition coefficient (Wildman–Crippen LogP) is 2.99. The summed E-state index contributed by atoms with van der Waals surface area (Å²) in [6.45, 7) is 6.08. The summed E-state index contributed by atoms with van der Waals surface area (Å²) in [4.78, 5) is 17.2. The molecule has 2 heterocycles. The number of aromatic nitrogens is 3. The first kappa shape index (κ1) is 22.5. The zero-order chi connectivity index (χ0) is 21.6. The highest BCUT2D eigenvalue weighted by Crippen LogP contribution is 2.20. The molecule has 3 rings (SSSR count). The molecule has 0 unspecified atom stereocenters. The maximum atomic E-state index is 12.5. The lowest BCUT2D eigenvalue weighted by Gasteiger charge is -2.05. The Kier molecular flexibility index (Phi) is 7.48. The summed E-state index contributed by atoms with van der Waals surface area (Å²) in [6.07, 6.45) is 1.25. The van der Waals surface area contributed by atoms with Crippen LogP contribution in [-0.2, 0) is 10.0 Å². The van der Waals surface area contributed by atoms with E-state index >= 15 is 0 Å². The van der Waals surface area contributed by atoms with Crippen LogP contribution in [0.2, 0.25) is 0 Å². The molecule has 0 aliphatic rings. The van der Waals surface area contributed by atoms with Gasteiger partial charge in [0.05, 0.1) is 9.77 Å². The highest BCUT2D eigenvalue weighted by molar-refractivity contribution is 7.89. The van der Waals surface area contributed by atoms with E-state index in [1.165, 1.54) is 36.9 Å². The van der Waals surface area contributed by atoms with E-state index < -0.39 is 10.0 Å². The predicted molar refractivity (Wildman–Crippen MR) is 115 cm³/mol. The average Bonchev–Trinajstić information content (AvgIpc) is 3.27. The van der Waals surface area contributed by atoms with E-state index in [2.05, 4.69) is 34.0 Å². The van der Waals surface area contributed by atoms with Crippen molar-refractivity contribution in [3.8, 4) is 0 Å². The Morgan fingerprint density at radius 1 is 1.21 bits per heavy atom.